The molecular formula is C26H26ClN3O5S. The van der Waals surface area contributed by atoms with Crippen LogP contribution in [0.15, 0.2) is 75.5 Å². The van der Waals surface area contributed by atoms with Crippen LogP contribution in [0.25, 0.3) is 6.08 Å². The maximum Gasteiger partial charge on any atom is 0.262 e. The number of rotatable bonds is 11. The SMILES string of the molecule is COCCNC(=O)/C(C#N)=C\c1ccc(CN(Cc2ccc(Cl)cc2)S(=O)(=O)c2ccc(C)cc2)o1. The number of sulfonamides is 1. The van der Waals surface area contributed by atoms with Gasteiger partial charge in [-0.3, -0.25) is 4.79 Å². The summed E-state index contributed by atoms with van der Waals surface area (Å²) in [6.07, 6.45) is 1.31. The molecule has 0 radical (unpaired) electrons. The number of benzene rings is 2. The molecule has 0 spiro atoms. The summed E-state index contributed by atoms with van der Waals surface area (Å²) in [5, 5.41) is 12.5. The Morgan fingerprint density at radius 2 is 1.81 bits per heavy atom. The molecule has 188 valence electrons. The minimum absolute atomic E-state index is 0.0609. The van der Waals surface area contributed by atoms with Gasteiger partial charge < -0.3 is 14.5 Å². The fourth-order valence-corrected chi connectivity index (χ4v) is 4.78. The summed E-state index contributed by atoms with van der Waals surface area (Å²) in [5.74, 6) is 0.0458. The average molecular weight is 528 g/mol. The van der Waals surface area contributed by atoms with E-state index in [9.17, 15) is 18.5 Å². The summed E-state index contributed by atoms with van der Waals surface area (Å²) in [4.78, 5) is 12.3. The molecule has 8 nitrogen and oxygen atoms in total. The van der Waals surface area contributed by atoms with Crippen LogP contribution in [0, 0.1) is 18.3 Å². The molecule has 0 atom stereocenters. The third-order valence-electron chi connectivity index (χ3n) is 5.19. The molecule has 0 fully saturated rings. The molecule has 1 amide bonds. The van der Waals surface area contributed by atoms with Crippen molar-refractivity contribution >= 4 is 33.6 Å². The number of methoxy groups -OCH3 is 1. The molecule has 0 bridgehead atoms. The Morgan fingerprint density at radius 1 is 1.11 bits per heavy atom. The molecule has 0 aliphatic carbocycles. The normalized spacial score (nSPS) is 11.9. The highest BCUT2D eigenvalue weighted by molar-refractivity contribution is 7.89. The zero-order chi connectivity index (χ0) is 26.1. The number of carbonyl (C=O) groups excluding carboxylic acids is 1. The predicted molar refractivity (Wildman–Crippen MR) is 136 cm³/mol. The molecule has 36 heavy (non-hydrogen) atoms. The first-order valence-corrected chi connectivity index (χ1v) is 12.8. The van der Waals surface area contributed by atoms with Gasteiger partial charge in [0.25, 0.3) is 5.91 Å². The first-order chi connectivity index (χ1) is 17.2. The highest BCUT2D eigenvalue weighted by Crippen LogP contribution is 2.24. The number of nitrogens with one attached hydrogen (secondary N) is 1. The van der Waals surface area contributed by atoms with Crippen molar-refractivity contribution in [3.05, 3.63) is 93.9 Å². The lowest BCUT2D eigenvalue weighted by atomic mass is 10.2. The van der Waals surface area contributed by atoms with Crippen LogP contribution in [0.5, 0.6) is 0 Å². The minimum atomic E-state index is -3.87. The van der Waals surface area contributed by atoms with Crippen LogP contribution >= 0.6 is 11.6 Å². The third-order valence-corrected chi connectivity index (χ3v) is 7.25. The molecule has 1 heterocycles. The Morgan fingerprint density at radius 3 is 2.44 bits per heavy atom. The molecule has 3 aromatic rings. The van der Waals surface area contributed by atoms with E-state index in [1.165, 1.54) is 17.5 Å². The smallest absolute Gasteiger partial charge is 0.262 e. The van der Waals surface area contributed by atoms with Crippen LogP contribution in [0.4, 0.5) is 0 Å². The lowest BCUT2D eigenvalue weighted by Gasteiger charge is -2.21. The summed E-state index contributed by atoms with van der Waals surface area (Å²) >= 11 is 5.98. The molecule has 10 heteroatoms. The Bertz CT molecular complexity index is 1360. The van der Waals surface area contributed by atoms with Crippen molar-refractivity contribution in [3.63, 3.8) is 0 Å². The topological polar surface area (TPSA) is 113 Å². The van der Waals surface area contributed by atoms with Gasteiger partial charge in [-0.1, -0.05) is 41.4 Å². The number of hydrogen-bond acceptors (Lipinski definition) is 6. The average Bonchev–Trinajstić information content (AvgIpc) is 3.30. The summed E-state index contributed by atoms with van der Waals surface area (Å²) in [6.45, 7) is 2.48. The first kappa shape index (κ1) is 27.2. The maximum absolute atomic E-state index is 13.5. The van der Waals surface area contributed by atoms with E-state index in [-0.39, 0.29) is 35.9 Å². The van der Waals surface area contributed by atoms with E-state index < -0.39 is 15.9 Å². The number of hydrogen-bond donors (Lipinski definition) is 1. The van der Waals surface area contributed by atoms with Crippen LogP contribution in [0.2, 0.25) is 5.02 Å². The minimum Gasteiger partial charge on any atom is -0.460 e. The predicted octanol–water partition coefficient (Wildman–Crippen LogP) is 4.30. The summed E-state index contributed by atoms with van der Waals surface area (Å²) in [6, 6.07) is 18.6. The van der Waals surface area contributed by atoms with Gasteiger partial charge in [0, 0.05) is 31.3 Å². The number of carbonyl (C=O) groups is 1. The second-order valence-corrected chi connectivity index (χ2v) is 10.3. The number of nitrogens with zero attached hydrogens (tertiary/aromatic N) is 2. The van der Waals surface area contributed by atoms with Gasteiger partial charge in [-0.25, -0.2) is 8.42 Å². The largest absolute Gasteiger partial charge is 0.460 e. The van der Waals surface area contributed by atoms with Crippen molar-refractivity contribution < 1.29 is 22.4 Å². The van der Waals surface area contributed by atoms with E-state index in [4.69, 9.17) is 20.8 Å². The van der Waals surface area contributed by atoms with Crippen LogP contribution in [0.3, 0.4) is 0 Å². The molecule has 0 aliphatic heterocycles. The fraction of sp³-hybridized carbons (Fsp3) is 0.231. The van der Waals surface area contributed by atoms with Crippen molar-refractivity contribution in [1.82, 2.24) is 9.62 Å². The zero-order valence-corrected chi connectivity index (χ0v) is 21.5. The zero-order valence-electron chi connectivity index (χ0n) is 19.9. The van der Waals surface area contributed by atoms with E-state index in [1.807, 2.05) is 13.0 Å². The number of ether oxygens (including phenoxy) is 1. The second kappa shape index (κ2) is 12.5. The van der Waals surface area contributed by atoms with Gasteiger partial charge in [-0.2, -0.15) is 9.57 Å². The molecule has 0 unspecified atom stereocenters. The Hall–Kier alpha value is -3.42. The van der Waals surface area contributed by atoms with E-state index in [0.29, 0.717) is 17.4 Å². The van der Waals surface area contributed by atoms with Gasteiger partial charge in [0.05, 0.1) is 18.0 Å². The van der Waals surface area contributed by atoms with Gasteiger partial charge in [-0.15, -0.1) is 0 Å². The van der Waals surface area contributed by atoms with Gasteiger partial charge in [0.1, 0.15) is 23.2 Å². The second-order valence-electron chi connectivity index (χ2n) is 7.94. The molecule has 2 aromatic carbocycles. The summed E-state index contributed by atoms with van der Waals surface area (Å²) in [5.41, 5.74) is 1.55. The van der Waals surface area contributed by atoms with Gasteiger partial charge in [0.2, 0.25) is 10.0 Å². The molecular weight excluding hydrogens is 502 g/mol. The molecule has 0 aliphatic rings. The monoisotopic (exact) mass is 527 g/mol. The van der Waals surface area contributed by atoms with E-state index in [2.05, 4.69) is 5.32 Å². The van der Waals surface area contributed by atoms with Crippen LogP contribution in [-0.4, -0.2) is 38.9 Å². The number of halogens is 1. The van der Waals surface area contributed by atoms with Crippen LogP contribution < -0.4 is 5.32 Å². The van der Waals surface area contributed by atoms with Crippen molar-refractivity contribution in [1.29, 1.82) is 5.26 Å². The van der Waals surface area contributed by atoms with Crippen LogP contribution in [-0.2, 0) is 32.6 Å². The number of nitriles is 1. The maximum atomic E-state index is 13.5. The fourth-order valence-electron chi connectivity index (χ4n) is 3.26. The lowest BCUT2D eigenvalue weighted by molar-refractivity contribution is -0.117. The Kier molecular flexibility index (Phi) is 9.44. The van der Waals surface area contributed by atoms with Crippen molar-refractivity contribution in [3.8, 4) is 6.07 Å². The van der Waals surface area contributed by atoms with Gasteiger partial charge in [-0.05, 0) is 48.9 Å². The number of aryl methyl sites for hydroxylation is 1. The number of amides is 1. The van der Waals surface area contributed by atoms with E-state index in [1.54, 1.807) is 60.7 Å². The summed E-state index contributed by atoms with van der Waals surface area (Å²) < 4.78 is 39.0. The highest BCUT2D eigenvalue weighted by Gasteiger charge is 2.26. The molecule has 1 N–H and O–H groups in total. The van der Waals surface area contributed by atoms with Crippen molar-refractivity contribution in [2.75, 3.05) is 20.3 Å². The van der Waals surface area contributed by atoms with Gasteiger partial charge >= 0.3 is 0 Å². The first-order valence-electron chi connectivity index (χ1n) is 11.0. The Balaban J connectivity index is 1.86. The highest BCUT2D eigenvalue weighted by atomic mass is 35.5. The third kappa shape index (κ3) is 7.29. The molecule has 0 saturated carbocycles. The Labute approximate surface area is 215 Å². The van der Waals surface area contributed by atoms with Crippen molar-refractivity contribution in [2.24, 2.45) is 0 Å². The number of furan rings is 1. The lowest BCUT2D eigenvalue weighted by Crippen LogP contribution is -2.30. The van der Waals surface area contributed by atoms with E-state index in [0.717, 1.165) is 11.1 Å². The van der Waals surface area contributed by atoms with Crippen molar-refractivity contribution in [2.45, 2.75) is 24.9 Å². The standard InChI is InChI=1S/C26H26ClN3O5S/c1-19-3-11-25(12-4-19)36(32,33)30(17-20-5-7-22(27)8-6-20)18-24-10-9-23(35-24)15-21(16-28)26(31)29-13-14-34-2/h3-12,15H,13-14,17-18H2,1-2H3,(H,29,31)/b21-15-. The van der Waals surface area contributed by atoms with E-state index >= 15 is 0 Å². The van der Waals surface area contributed by atoms with Crippen LogP contribution in [0.1, 0.15) is 22.6 Å². The molecule has 1 aromatic heterocycles. The van der Waals surface area contributed by atoms with Gasteiger partial charge in [0.15, 0.2) is 0 Å². The summed E-state index contributed by atoms with van der Waals surface area (Å²) in [7, 11) is -2.37. The molecule has 3 rings (SSSR count). The quantitative estimate of drug-likeness (QED) is 0.226. The molecule has 0 saturated heterocycles.